The highest BCUT2D eigenvalue weighted by atomic mass is 35.5. The lowest BCUT2D eigenvalue weighted by Crippen LogP contribution is -2.28. The van der Waals surface area contributed by atoms with Crippen molar-refractivity contribution in [3.05, 3.63) is 105 Å². The van der Waals surface area contributed by atoms with Crippen LogP contribution >= 0.6 is 11.6 Å². The Labute approximate surface area is 281 Å². The number of phenols is 1. The first kappa shape index (κ1) is 32.2. The van der Waals surface area contributed by atoms with Gasteiger partial charge in [-0.3, -0.25) is 14.2 Å². The summed E-state index contributed by atoms with van der Waals surface area (Å²) in [6.07, 6.45) is 2.34. The smallest absolute Gasteiger partial charge is 0.263 e. The maximum absolute atomic E-state index is 14.4. The average Bonchev–Trinajstić information content (AvgIpc) is 3.42. The molecule has 0 saturated heterocycles. The van der Waals surface area contributed by atoms with Crippen LogP contribution in [0.2, 0.25) is 5.02 Å². The molecule has 1 unspecified atom stereocenters. The normalized spacial score (nSPS) is 11.9. The molecule has 0 saturated carbocycles. The maximum atomic E-state index is 14.4. The molecule has 1 atom stereocenters. The van der Waals surface area contributed by atoms with Gasteiger partial charge in [0, 0.05) is 28.5 Å². The molecule has 3 aromatic heterocycles. The van der Waals surface area contributed by atoms with Crippen molar-refractivity contribution in [2.75, 3.05) is 5.73 Å². The largest absolute Gasteiger partial charge is 0.508 e. The predicted molar refractivity (Wildman–Crippen MR) is 186 cm³/mol. The zero-order chi connectivity index (χ0) is 33.9. The lowest BCUT2D eigenvalue weighted by molar-refractivity contribution is -0.123. The van der Waals surface area contributed by atoms with Crippen molar-refractivity contribution in [1.82, 2.24) is 29.3 Å². The van der Waals surface area contributed by atoms with Gasteiger partial charge < -0.3 is 16.6 Å². The molecule has 0 radical (unpaired) electrons. The third-order valence-corrected chi connectivity index (χ3v) is 8.68. The number of anilines is 1. The van der Waals surface area contributed by atoms with E-state index in [9.17, 15) is 14.7 Å². The molecule has 0 aliphatic carbocycles. The first-order chi connectivity index (χ1) is 23.1. The van der Waals surface area contributed by atoms with Crippen LogP contribution in [0.25, 0.3) is 33.2 Å². The number of rotatable bonds is 9. The van der Waals surface area contributed by atoms with Crippen LogP contribution in [-0.4, -0.2) is 40.3 Å². The number of primary amides is 1. The van der Waals surface area contributed by atoms with Crippen molar-refractivity contribution < 1.29 is 9.90 Å². The molecule has 0 aliphatic rings. The zero-order valence-electron chi connectivity index (χ0n) is 26.4. The van der Waals surface area contributed by atoms with E-state index in [0.29, 0.717) is 62.4 Å². The molecule has 1 amide bonds. The Hall–Kier alpha value is -5.73. The number of aromatic nitrogens is 6. The highest BCUT2D eigenvalue weighted by molar-refractivity contribution is 6.31. The maximum Gasteiger partial charge on any atom is 0.263 e. The molecule has 12 heteroatoms. The monoisotopic (exact) mass is 660 g/mol. The number of carbonyl (C=O) groups is 1. The van der Waals surface area contributed by atoms with Crippen LogP contribution in [0, 0.1) is 23.7 Å². The number of hydrogen-bond donors (Lipinski definition) is 3. The highest BCUT2D eigenvalue weighted by Gasteiger charge is 2.21. The Kier molecular flexibility index (Phi) is 9.10. The number of nitrogens with zero attached hydrogens (tertiary/aromatic N) is 6. The number of nitrogens with two attached hydrogens (primary N) is 2. The first-order valence-corrected chi connectivity index (χ1v) is 15.8. The summed E-state index contributed by atoms with van der Waals surface area (Å²) in [4.78, 5) is 39.9. The number of amides is 1. The van der Waals surface area contributed by atoms with Gasteiger partial charge in [0.25, 0.3) is 5.56 Å². The van der Waals surface area contributed by atoms with E-state index in [2.05, 4.69) is 21.8 Å². The fourth-order valence-corrected chi connectivity index (χ4v) is 5.98. The number of fused-ring (bicyclic) bond motifs is 2. The van der Waals surface area contributed by atoms with Gasteiger partial charge in [-0.1, -0.05) is 61.6 Å². The lowest BCUT2D eigenvalue weighted by Gasteiger charge is -2.16. The van der Waals surface area contributed by atoms with Crippen molar-refractivity contribution in [2.45, 2.75) is 39.8 Å². The van der Waals surface area contributed by atoms with Gasteiger partial charge >= 0.3 is 0 Å². The van der Waals surface area contributed by atoms with E-state index in [1.807, 2.05) is 38.1 Å². The van der Waals surface area contributed by atoms with Gasteiger partial charge in [0.05, 0.1) is 22.8 Å². The van der Waals surface area contributed by atoms with Crippen LogP contribution in [-0.2, 0) is 17.9 Å². The lowest BCUT2D eigenvalue weighted by atomic mass is 9.91. The van der Waals surface area contributed by atoms with E-state index < -0.39 is 0 Å². The van der Waals surface area contributed by atoms with Gasteiger partial charge in [-0.05, 0) is 60.4 Å². The fraction of sp³-hybridized carbons (Fsp3) is 0.222. The first-order valence-electron chi connectivity index (χ1n) is 15.4. The quantitative estimate of drug-likeness (QED) is 0.179. The zero-order valence-corrected chi connectivity index (χ0v) is 27.1. The Balaban J connectivity index is 1.48. The van der Waals surface area contributed by atoms with E-state index in [0.717, 1.165) is 5.56 Å². The van der Waals surface area contributed by atoms with E-state index in [1.54, 1.807) is 51.7 Å². The predicted octanol–water partition coefficient (Wildman–Crippen LogP) is 5.13. The second kappa shape index (κ2) is 13.6. The number of nitrogen functional groups attached to an aromatic ring is 1. The molecule has 0 spiro atoms. The SMILES string of the molecule is CC(C)C(CCC#Cc1cccc2nc(Cn3nc(-c4ccc(O)cc4)c4c(N)ncnc43)n(Cc3ccccc3Cl)c(=O)c12)C(N)=O. The van der Waals surface area contributed by atoms with Gasteiger partial charge in [0.2, 0.25) is 5.91 Å². The van der Waals surface area contributed by atoms with Crippen molar-refractivity contribution in [3.8, 4) is 28.8 Å². The second-order valence-corrected chi connectivity index (χ2v) is 12.2. The molecule has 0 fully saturated rings. The highest BCUT2D eigenvalue weighted by Crippen LogP contribution is 2.31. The number of carbonyl (C=O) groups excluding carboxylic acids is 1. The van der Waals surface area contributed by atoms with Crippen molar-refractivity contribution in [2.24, 2.45) is 17.6 Å². The Morgan fingerprint density at radius 2 is 1.77 bits per heavy atom. The molecule has 5 N–H and O–H groups in total. The second-order valence-electron chi connectivity index (χ2n) is 11.8. The van der Waals surface area contributed by atoms with Crippen LogP contribution in [0.15, 0.2) is 77.9 Å². The third kappa shape index (κ3) is 6.43. The number of hydrogen-bond acceptors (Lipinski definition) is 8. The molecule has 11 nitrogen and oxygen atoms in total. The summed E-state index contributed by atoms with van der Waals surface area (Å²) < 4.78 is 3.22. The molecular formula is C36H33ClN8O3. The minimum absolute atomic E-state index is 0.0697. The van der Waals surface area contributed by atoms with Crippen molar-refractivity contribution >= 4 is 45.3 Å². The van der Waals surface area contributed by atoms with Crippen molar-refractivity contribution in [1.29, 1.82) is 0 Å². The van der Waals surface area contributed by atoms with Gasteiger partial charge in [-0.15, -0.1) is 0 Å². The fourth-order valence-electron chi connectivity index (χ4n) is 5.78. The van der Waals surface area contributed by atoms with Crippen LogP contribution in [0.3, 0.4) is 0 Å². The van der Waals surface area contributed by atoms with E-state index in [1.165, 1.54) is 6.33 Å². The molecule has 6 aromatic rings. The Morgan fingerprint density at radius 1 is 1.00 bits per heavy atom. The summed E-state index contributed by atoms with van der Waals surface area (Å²) in [6.45, 7) is 4.13. The molecular weight excluding hydrogens is 628 g/mol. The summed E-state index contributed by atoms with van der Waals surface area (Å²) in [7, 11) is 0. The number of aromatic hydroxyl groups is 1. The summed E-state index contributed by atoms with van der Waals surface area (Å²) in [6, 6.07) is 19.3. The molecule has 3 aromatic carbocycles. The minimum Gasteiger partial charge on any atom is -0.508 e. The van der Waals surface area contributed by atoms with E-state index in [4.69, 9.17) is 33.2 Å². The Morgan fingerprint density at radius 3 is 2.50 bits per heavy atom. The molecule has 6 rings (SSSR count). The molecule has 0 aliphatic heterocycles. The topological polar surface area (TPSA) is 168 Å². The van der Waals surface area contributed by atoms with Crippen LogP contribution in [0.4, 0.5) is 5.82 Å². The van der Waals surface area contributed by atoms with Gasteiger partial charge in [-0.25, -0.2) is 19.6 Å². The van der Waals surface area contributed by atoms with Crippen molar-refractivity contribution in [3.63, 3.8) is 0 Å². The van der Waals surface area contributed by atoms with Crippen LogP contribution in [0.5, 0.6) is 5.75 Å². The summed E-state index contributed by atoms with van der Waals surface area (Å²) in [5, 5.41) is 16.1. The van der Waals surface area contributed by atoms with Crippen LogP contribution < -0.4 is 17.0 Å². The Bertz CT molecular complexity index is 2280. The summed E-state index contributed by atoms with van der Waals surface area (Å²) in [5.41, 5.74) is 15.0. The molecule has 0 bridgehead atoms. The summed E-state index contributed by atoms with van der Waals surface area (Å²) >= 11 is 6.56. The number of benzene rings is 3. The van der Waals surface area contributed by atoms with Gasteiger partial charge in [0.1, 0.15) is 36.0 Å². The van der Waals surface area contributed by atoms with E-state index in [-0.39, 0.29) is 48.0 Å². The average molecular weight is 661 g/mol. The number of phenolic OH excluding ortho intramolecular Hbond substituents is 1. The summed E-state index contributed by atoms with van der Waals surface area (Å²) in [5.74, 6) is 6.53. The van der Waals surface area contributed by atoms with Gasteiger partial charge in [0.15, 0.2) is 5.65 Å². The molecule has 48 heavy (non-hydrogen) atoms. The van der Waals surface area contributed by atoms with Crippen LogP contribution in [0.1, 0.15) is 43.6 Å². The third-order valence-electron chi connectivity index (χ3n) is 8.31. The minimum atomic E-state index is -0.342. The molecule has 242 valence electrons. The standard InChI is InChI=1S/C36H33ClN8O3/c1-21(2)26(34(39)47)11-5-3-8-22-10-7-13-28-30(22)36(48)44(18-24-9-4-6-12-27(24)37)29(42-28)19-45-35-31(33(38)40-20-41-35)32(43-45)23-14-16-25(46)17-15-23/h4,6-7,9-10,12-17,20-21,26,46H,5,11,18-19H2,1-2H3,(H2,39,47)(H2,38,40,41). The molecule has 3 heterocycles. The number of halogens is 1. The van der Waals surface area contributed by atoms with E-state index >= 15 is 0 Å². The van der Waals surface area contributed by atoms with Gasteiger partial charge in [-0.2, -0.15) is 5.10 Å².